The van der Waals surface area contributed by atoms with Crippen LogP contribution in [0.25, 0.3) is 0 Å². The van der Waals surface area contributed by atoms with Crippen molar-refractivity contribution < 1.29 is 22.7 Å². The predicted octanol–water partition coefficient (Wildman–Crippen LogP) is 3.44. The smallest absolute Gasteiger partial charge is 0.411 e. The molecule has 1 N–H and O–H groups in total. The van der Waals surface area contributed by atoms with Crippen LogP contribution in [0.2, 0.25) is 0 Å². The van der Waals surface area contributed by atoms with E-state index in [2.05, 4.69) is 15.4 Å². The van der Waals surface area contributed by atoms with Crippen LogP contribution in [0.15, 0.2) is 24.5 Å². The van der Waals surface area contributed by atoms with Crippen LogP contribution in [0.4, 0.5) is 19.1 Å². The van der Waals surface area contributed by atoms with Crippen molar-refractivity contribution in [3.63, 3.8) is 0 Å². The van der Waals surface area contributed by atoms with E-state index in [0.717, 1.165) is 28.7 Å². The number of alkyl halides is 3. The summed E-state index contributed by atoms with van der Waals surface area (Å²) in [6, 6.07) is 3.51. The number of carbonyl (C=O) groups excluding carboxylic acids is 1. The number of nitrogens with one attached hydrogen (secondary N) is 1. The molecule has 3 aliphatic rings. The molecule has 31 heavy (non-hydrogen) atoms. The van der Waals surface area contributed by atoms with Crippen LogP contribution in [-0.4, -0.2) is 57.0 Å². The molecule has 3 aliphatic heterocycles. The molecule has 0 unspecified atom stereocenters. The van der Waals surface area contributed by atoms with Crippen molar-refractivity contribution in [2.24, 2.45) is 5.92 Å². The van der Waals surface area contributed by atoms with Crippen molar-refractivity contribution in [2.45, 2.75) is 57.0 Å². The third-order valence-electron chi connectivity index (χ3n) is 6.58. The number of hydrogen-bond donors (Lipinski definition) is 1. The average molecular weight is 435 g/mol. The Hall–Kier alpha value is -2.78. The summed E-state index contributed by atoms with van der Waals surface area (Å²) in [6.45, 7) is 3.04. The maximum Gasteiger partial charge on any atom is 0.411 e. The first-order valence-corrected chi connectivity index (χ1v) is 10.6. The maximum atomic E-state index is 13.5. The van der Waals surface area contributed by atoms with Gasteiger partial charge in [-0.2, -0.15) is 23.3 Å². The summed E-state index contributed by atoms with van der Waals surface area (Å²) in [4.78, 5) is 18.7. The Morgan fingerprint density at radius 3 is 2.77 bits per heavy atom. The molecule has 0 spiro atoms. The van der Waals surface area contributed by atoms with Gasteiger partial charge in [0.2, 0.25) is 5.95 Å². The number of benzene rings is 1. The number of ether oxygens (including phenoxy) is 1. The molecule has 3 atom stereocenters. The molecule has 10 heteroatoms. The van der Waals surface area contributed by atoms with Gasteiger partial charge in [-0.05, 0) is 55.9 Å². The standard InChI is InChI=1S/C21H24F3N5O2/c1-12-8-15-9-14(2-3-17(15)31-12)19(30)28-6-4-13(5-7-28)16-10-18(21(22,23)24)29-20(27-16)25-11-26-29/h2-3,9,11-13,16,18H,4-8,10H2,1H3,(H,25,26,27)/t12-,16+,18-/m1/s1. The van der Waals surface area contributed by atoms with Crippen molar-refractivity contribution >= 4 is 11.9 Å². The molecule has 7 nitrogen and oxygen atoms in total. The minimum absolute atomic E-state index is 0.0358. The molecule has 5 rings (SSSR count). The van der Waals surface area contributed by atoms with E-state index in [1.807, 2.05) is 19.1 Å². The third-order valence-corrected chi connectivity index (χ3v) is 6.58. The highest BCUT2D eigenvalue weighted by atomic mass is 19.4. The Morgan fingerprint density at radius 1 is 1.26 bits per heavy atom. The lowest BCUT2D eigenvalue weighted by Crippen LogP contribution is -2.47. The van der Waals surface area contributed by atoms with Crippen molar-refractivity contribution in [2.75, 3.05) is 18.4 Å². The molecule has 0 aliphatic carbocycles. The van der Waals surface area contributed by atoms with Crippen LogP contribution in [0, 0.1) is 5.92 Å². The van der Waals surface area contributed by atoms with Crippen molar-refractivity contribution in [3.8, 4) is 5.75 Å². The Bertz CT molecular complexity index is 984. The Labute approximate surface area is 177 Å². The van der Waals surface area contributed by atoms with Gasteiger partial charge in [0.25, 0.3) is 5.91 Å². The second-order valence-corrected chi connectivity index (χ2v) is 8.66. The van der Waals surface area contributed by atoms with Gasteiger partial charge in [0.15, 0.2) is 6.04 Å². The molecule has 0 saturated carbocycles. The number of amides is 1. The van der Waals surface area contributed by atoms with Gasteiger partial charge < -0.3 is 15.0 Å². The number of anilines is 1. The summed E-state index contributed by atoms with van der Waals surface area (Å²) < 4.78 is 47.2. The van der Waals surface area contributed by atoms with Crippen molar-refractivity contribution in [3.05, 3.63) is 35.7 Å². The van der Waals surface area contributed by atoms with Crippen LogP contribution < -0.4 is 10.1 Å². The fraction of sp³-hybridized carbons (Fsp3) is 0.571. The summed E-state index contributed by atoms with van der Waals surface area (Å²) in [5.74, 6) is 0.990. The molecular formula is C21H24F3N5O2. The molecule has 0 radical (unpaired) electrons. The minimum Gasteiger partial charge on any atom is -0.490 e. The number of piperidine rings is 1. The number of nitrogens with zero attached hydrogens (tertiary/aromatic N) is 4. The van der Waals surface area contributed by atoms with Crippen LogP contribution in [-0.2, 0) is 6.42 Å². The topological polar surface area (TPSA) is 72.3 Å². The van der Waals surface area contributed by atoms with E-state index in [9.17, 15) is 18.0 Å². The SMILES string of the molecule is C[C@@H]1Cc2cc(C(=O)N3CCC([C@@H]4C[C@H](C(F)(F)F)n5ncnc5N4)CC3)ccc2O1. The maximum absolute atomic E-state index is 13.5. The fourth-order valence-corrected chi connectivity index (χ4v) is 4.97. The normalized spacial score (nSPS) is 26.1. The first kappa shape index (κ1) is 20.1. The monoisotopic (exact) mass is 435 g/mol. The minimum atomic E-state index is -4.38. The second kappa shape index (κ2) is 7.42. The number of hydrogen-bond acceptors (Lipinski definition) is 5. The highest BCUT2D eigenvalue weighted by Crippen LogP contribution is 2.41. The number of carbonyl (C=O) groups is 1. The molecule has 1 saturated heterocycles. The van der Waals surface area contributed by atoms with E-state index in [0.29, 0.717) is 31.5 Å². The summed E-state index contributed by atoms with van der Waals surface area (Å²) in [5, 5.41) is 6.87. The fourth-order valence-electron chi connectivity index (χ4n) is 4.97. The lowest BCUT2D eigenvalue weighted by Gasteiger charge is -2.40. The first-order valence-electron chi connectivity index (χ1n) is 10.6. The van der Waals surface area contributed by atoms with Crippen LogP contribution in [0.1, 0.15) is 48.1 Å². The lowest BCUT2D eigenvalue weighted by molar-refractivity contribution is -0.174. The number of aromatic nitrogens is 3. The predicted molar refractivity (Wildman–Crippen MR) is 106 cm³/mol. The van der Waals surface area contributed by atoms with E-state index >= 15 is 0 Å². The van der Waals surface area contributed by atoms with Crippen LogP contribution >= 0.6 is 0 Å². The quantitative estimate of drug-likeness (QED) is 0.783. The van der Waals surface area contributed by atoms with Gasteiger partial charge in [-0.1, -0.05) is 0 Å². The summed E-state index contributed by atoms with van der Waals surface area (Å²) in [5.41, 5.74) is 1.68. The van der Waals surface area contributed by atoms with Gasteiger partial charge in [-0.15, -0.1) is 0 Å². The number of halogens is 3. The summed E-state index contributed by atoms with van der Waals surface area (Å²) >= 11 is 0. The highest BCUT2D eigenvalue weighted by Gasteiger charge is 2.48. The number of likely N-dealkylation sites (tertiary alicyclic amines) is 1. The van der Waals surface area contributed by atoms with Gasteiger partial charge in [0.05, 0.1) is 0 Å². The van der Waals surface area contributed by atoms with Crippen molar-refractivity contribution in [1.29, 1.82) is 0 Å². The molecule has 4 heterocycles. The molecule has 1 aromatic heterocycles. The zero-order chi connectivity index (χ0) is 21.8. The van der Waals surface area contributed by atoms with Crippen molar-refractivity contribution in [1.82, 2.24) is 19.7 Å². The van der Waals surface area contributed by atoms with E-state index in [4.69, 9.17) is 4.74 Å². The van der Waals surface area contributed by atoms with Gasteiger partial charge in [-0.25, -0.2) is 4.68 Å². The molecule has 2 aromatic rings. The largest absolute Gasteiger partial charge is 0.490 e. The second-order valence-electron chi connectivity index (χ2n) is 8.66. The van der Waals surface area contributed by atoms with Gasteiger partial charge in [-0.3, -0.25) is 4.79 Å². The zero-order valence-corrected chi connectivity index (χ0v) is 17.1. The molecule has 1 aromatic carbocycles. The third kappa shape index (κ3) is 3.72. The van der Waals surface area contributed by atoms with E-state index in [1.54, 1.807) is 11.0 Å². The highest BCUT2D eigenvalue weighted by molar-refractivity contribution is 5.94. The van der Waals surface area contributed by atoms with Gasteiger partial charge in [0, 0.05) is 31.1 Å². The lowest BCUT2D eigenvalue weighted by atomic mass is 9.84. The first-order chi connectivity index (χ1) is 14.8. The van der Waals surface area contributed by atoms with Gasteiger partial charge in [0.1, 0.15) is 18.2 Å². The molecule has 1 fully saturated rings. The van der Waals surface area contributed by atoms with Gasteiger partial charge >= 0.3 is 6.18 Å². The number of fused-ring (bicyclic) bond motifs is 2. The average Bonchev–Trinajstić information content (AvgIpc) is 3.36. The molecule has 166 valence electrons. The molecule has 1 amide bonds. The molecule has 0 bridgehead atoms. The van der Waals surface area contributed by atoms with E-state index in [1.165, 1.54) is 0 Å². The Morgan fingerprint density at radius 2 is 2.03 bits per heavy atom. The Balaban J connectivity index is 1.24. The van der Waals surface area contributed by atoms with E-state index < -0.39 is 12.2 Å². The molecular weight excluding hydrogens is 411 g/mol. The number of rotatable bonds is 2. The van der Waals surface area contributed by atoms with Crippen LogP contribution in [0.3, 0.4) is 0 Å². The zero-order valence-electron chi connectivity index (χ0n) is 17.1. The van der Waals surface area contributed by atoms with Crippen LogP contribution in [0.5, 0.6) is 5.75 Å². The van der Waals surface area contributed by atoms with E-state index in [-0.39, 0.29) is 36.3 Å². The summed E-state index contributed by atoms with van der Waals surface area (Å²) in [6.07, 6.45) is -1.12. The Kier molecular flexibility index (Phi) is 4.82. The summed E-state index contributed by atoms with van der Waals surface area (Å²) in [7, 11) is 0.